The Morgan fingerprint density at radius 3 is 2.71 bits per heavy atom. The fourth-order valence-electron chi connectivity index (χ4n) is 2.31. The topological polar surface area (TPSA) is 29.9 Å². The van der Waals surface area contributed by atoms with Gasteiger partial charge in [0.25, 0.3) is 0 Å². The molecule has 1 rings (SSSR count). The van der Waals surface area contributed by atoms with Crippen molar-refractivity contribution in [3.8, 4) is 0 Å². The highest BCUT2D eigenvalue weighted by Gasteiger charge is 2.09. The SMILES string of the molecule is CCNC(CCCc1cnn(C)c1)CC(C)C. The molecule has 0 saturated heterocycles. The average Bonchev–Trinajstić information content (AvgIpc) is 2.63. The lowest BCUT2D eigenvalue weighted by Crippen LogP contribution is -2.30. The minimum Gasteiger partial charge on any atom is -0.314 e. The van der Waals surface area contributed by atoms with Crippen molar-refractivity contribution in [3.63, 3.8) is 0 Å². The number of hydrogen-bond acceptors (Lipinski definition) is 2. The molecule has 1 heterocycles. The summed E-state index contributed by atoms with van der Waals surface area (Å²) in [6.45, 7) is 7.86. The Balaban J connectivity index is 2.26. The Labute approximate surface area is 106 Å². The Morgan fingerprint density at radius 1 is 1.41 bits per heavy atom. The van der Waals surface area contributed by atoms with E-state index >= 15 is 0 Å². The van der Waals surface area contributed by atoms with Crippen LogP contribution in [0.1, 0.15) is 45.6 Å². The van der Waals surface area contributed by atoms with E-state index in [9.17, 15) is 0 Å². The molecule has 0 bridgehead atoms. The fraction of sp³-hybridized carbons (Fsp3) is 0.786. The van der Waals surface area contributed by atoms with E-state index in [2.05, 4.69) is 37.4 Å². The van der Waals surface area contributed by atoms with Gasteiger partial charge >= 0.3 is 0 Å². The van der Waals surface area contributed by atoms with Crippen LogP contribution in [0.4, 0.5) is 0 Å². The first-order valence-electron chi connectivity index (χ1n) is 6.82. The van der Waals surface area contributed by atoms with E-state index < -0.39 is 0 Å². The summed E-state index contributed by atoms with van der Waals surface area (Å²) >= 11 is 0. The van der Waals surface area contributed by atoms with Crippen molar-refractivity contribution in [2.24, 2.45) is 13.0 Å². The van der Waals surface area contributed by atoms with Gasteiger partial charge < -0.3 is 5.32 Å². The third-order valence-electron chi connectivity index (χ3n) is 3.03. The molecule has 0 aliphatic carbocycles. The predicted octanol–water partition coefficient (Wildman–Crippen LogP) is 2.77. The maximum Gasteiger partial charge on any atom is 0.0521 e. The van der Waals surface area contributed by atoms with Crippen LogP contribution in [-0.4, -0.2) is 22.4 Å². The molecule has 0 fully saturated rings. The monoisotopic (exact) mass is 237 g/mol. The van der Waals surface area contributed by atoms with Crippen LogP contribution in [0.3, 0.4) is 0 Å². The minimum absolute atomic E-state index is 0.677. The third kappa shape index (κ3) is 5.87. The highest BCUT2D eigenvalue weighted by atomic mass is 15.2. The Kier molecular flexibility index (Phi) is 6.27. The summed E-state index contributed by atoms with van der Waals surface area (Å²) < 4.78 is 1.88. The molecule has 0 spiro atoms. The summed E-state index contributed by atoms with van der Waals surface area (Å²) in [7, 11) is 1.98. The zero-order chi connectivity index (χ0) is 12.7. The van der Waals surface area contributed by atoms with Crippen LogP contribution in [-0.2, 0) is 13.5 Å². The average molecular weight is 237 g/mol. The van der Waals surface area contributed by atoms with Crippen molar-refractivity contribution >= 4 is 0 Å². The molecule has 1 N–H and O–H groups in total. The van der Waals surface area contributed by atoms with Gasteiger partial charge in [-0.05, 0) is 43.7 Å². The van der Waals surface area contributed by atoms with Gasteiger partial charge in [-0.2, -0.15) is 5.10 Å². The standard InChI is InChI=1S/C14H27N3/c1-5-15-14(9-12(2)3)8-6-7-13-10-16-17(4)11-13/h10-12,14-15H,5-9H2,1-4H3. The molecule has 1 aromatic heterocycles. The van der Waals surface area contributed by atoms with Crippen molar-refractivity contribution in [2.75, 3.05) is 6.54 Å². The number of hydrogen-bond donors (Lipinski definition) is 1. The van der Waals surface area contributed by atoms with Gasteiger partial charge in [0.1, 0.15) is 0 Å². The van der Waals surface area contributed by atoms with Crippen molar-refractivity contribution in [1.82, 2.24) is 15.1 Å². The molecule has 0 aliphatic rings. The molecule has 1 unspecified atom stereocenters. The summed E-state index contributed by atoms with van der Waals surface area (Å²) in [4.78, 5) is 0. The molecule has 3 heteroatoms. The first-order chi connectivity index (χ1) is 8.11. The normalized spacial score (nSPS) is 13.2. The van der Waals surface area contributed by atoms with E-state index in [0.717, 1.165) is 18.9 Å². The summed E-state index contributed by atoms with van der Waals surface area (Å²) in [6, 6.07) is 0.677. The molecular formula is C14H27N3. The van der Waals surface area contributed by atoms with E-state index in [0.29, 0.717) is 6.04 Å². The second-order valence-electron chi connectivity index (χ2n) is 5.30. The molecule has 0 radical (unpaired) electrons. The Hall–Kier alpha value is -0.830. The molecular weight excluding hydrogens is 210 g/mol. The largest absolute Gasteiger partial charge is 0.314 e. The van der Waals surface area contributed by atoms with Crippen LogP contribution >= 0.6 is 0 Å². The van der Waals surface area contributed by atoms with Crippen molar-refractivity contribution < 1.29 is 0 Å². The summed E-state index contributed by atoms with van der Waals surface area (Å²) in [5, 5.41) is 7.78. The number of rotatable bonds is 8. The van der Waals surface area contributed by atoms with Gasteiger partial charge in [0.15, 0.2) is 0 Å². The van der Waals surface area contributed by atoms with E-state index in [-0.39, 0.29) is 0 Å². The van der Waals surface area contributed by atoms with Crippen LogP contribution in [0.25, 0.3) is 0 Å². The molecule has 0 aromatic carbocycles. The Morgan fingerprint density at radius 2 is 2.18 bits per heavy atom. The van der Waals surface area contributed by atoms with E-state index in [4.69, 9.17) is 0 Å². The van der Waals surface area contributed by atoms with Crippen LogP contribution in [0.2, 0.25) is 0 Å². The van der Waals surface area contributed by atoms with Crippen molar-refractivity contribution in [3.05, 3.63) is 18.0 Å². The van der Waals surface area contributed by atoms with E-state index in [1.165, 1.54) is 24.8 Å². The van der Waals surface area contributed by atoms with Gasteiger partial charge in [-0.25, -0.2) is 0 Å². The summed E-state index contributed by atoms with van der Waals surface area (Å²) in [6.07, 6.45) is 9.03. The lowest BCUT2D eigenvalue weighted by Gasteiger charge is -2.19. The van der Waals surface area contributed by atoms with Crippen molar-refractivity contribution in [1.29, 1.82) is 0 Å². The predicted molar refractivity (Wildman–Crippen MR) is 73.1 cm³/mol. The maximum atomic E-state index is 4.20. The van der Waals surface area contributed by atoms with Crippen LogP contribution in [0, 0.1) is 5.92 Å². The number of nitrogens with one attached hydrogen (secondary N) is 1. The van der Waals surface area contributed by atoms with Crippen LogP contribution in [0.5, 0.6) is 0 Å². The minimum atomic E-state index is 0.677. The molecule has 3 nitrogen and oxygen atoms in total. The van der Waals surface area contributed by atoms with Gasteiger partial charge in [-0.3, -0.25) is 4.68 Å². The molecule has 1 atom stereocenters. The highest BCUT2D eigenvalue weighted by molar-refractivity contribution is 5.03. The fourth-order valence-corrected chi connectivity index (χ4v) is 2.31. The second kappa shape index (κ2) is 7.49. The Bertz CT molecular complexity index is 304. The van der Waals surface area contributed by atoms with Gasteiger partial charge in [0.2, 0.25) is 0 Å². The van der Waals surface area contributed by atoms with Gasteiger partial charge in [0, 0.05) is 19.3 Å². The molecule has 0 saturated carbocycles. The lowest BCUT2D eigenvalue weighted by molar-refractivity contribution is 0.397. The molecule has 98 valence electrons. The second-order valence-corrected chi connectivity index (χ2v) is 5.30. The lowest BCUT2D eigenvalue weighted by atomic mass is 9.98. The molecule has 1 aromatic rings. The van der Waals surface area contributed by atoms with E-state index in [1.807, 2.05) is 17.9 Å². The van der Waals surface area contributed by atoms with Crippen molar-refractivity contribution in [2.45, 2.75) is 52.5 Å². The van der Waals surface area contributed by atoms with Gasteiger partial charge in [0.05, 0.1) is 6.20 Å². The quantitative estimate of drug-likeness (QED) is 0.753. The first kappa shape index (κ1) is 14.2. The van der Waals surface area contributed by atoms with Gasteiger partial charge in [-0.15, -0.1) is 0 Å². The van der Waals surface area contributed by atoms with Crippen LogP contribution < -0.4 is 5.32 Å². The first-order valence-corrected chi connectivity index (χ1v) is 6.82. The van der Waals surface area contributed by atoms with Crippen LogP contribution in [0.15, 0.2) is 12.4 Å². The summed E-state index contributed by atoms with van der Waals surface area (Å²) in [5.74, 6) is 0.775. The van der Waals surface area contributed by atoms with Gasteiger partial charge in [-0.1, -0.05) is 20.8 Å². The third-order valence-corrected chi connectivity index (χ3v) is 3.03. The molecule has 0 amide bonds. The smallest absolute Gasteiger partial charge is 0.0521 e. The highest BCUT2D eigenvalue weighted by Crippen LogP contribution is 2.12. The zero-order valence-electron chi connectivity index (χ0n) is 11.7. The number of aryl methyl sites for hydroxylation is 2. The zero-order valence-corrected chi connectivity index (χ0v) is 11.7. The van der Waals surface area contributed by atoms with E-state index in [1.54, 1.807) is 0 Å². The molecule has 17 heavy (non-hydrogen) atoms. The number of aromatic nitrogens is 2. The summed E-state index contributed by atoms with van der Waals surface area (Å²) in [5.41, 5.74) is 1.35. The molecule has 0 aliphatic heterocycles. The maximum absolute atomic E-state index is 4.20. The number of nitrogens with zero attached hydrogens (tertiary/aromatic N) is 2.